The standard InChI is InChI=1S/C14H25IO/c1-12(2)6-5-9-14(4,16)15-10-7-13(3)8-11-15/h6-7,16H,5,8-11H2,1-4H3/t14-/m0/s1. The molecule has 0 aromatic carbocycles. The summed E-state index contributed by atoms with van der Waals surface area (Å²) in [5.74, 6) is 0. The normalized spacial score (nSPS) is 22.3. The number of allylic oxidation sites excluding steroid dienone is 4. The Bertz CT molecular complexity index is 285. The molecule has 2 heteroatoms. The molecule has 1 N–H and O–H groups in total. The van der Waals surface area contributed by atoms with Crippen molar-refractivity contribution in [3.05, 3.63) is 23.3 Å². The van der Waals surface area contributed by atoms with Gasteiger partial charge in [-0.1, -0.05) is 0 Å². The molecule has 16 heavy (non-hydrogen) atoms. The fraction of sp³-hybridized carbons (Fsp3) is 0.714. The summed E-state index contributed by atoms with van der Waals surface area (Å²) in [4.78, 5) is 0. The first-order valence-electron chi connectivity index (χ1n) is 6.05. The van der Waals surface area contributed by atoms with Crippen LogP contribution in [0.25, 0.3) is 0 Å². The molecule has 0 spiro atoms. The molecule has 1 aliphatic rings. The number of halogens is 1. The summed E-state index contributed by atoms with van der Waals surface area (Å²) >= 11 is -1.17. The Morgan fingerprint density at radius 1 is 1.56 bits per heavy atom. The van der Waals surface area contributed by atoms with Gasteiger partial charge in [-0.3, -0.25) is 0 Å². The predicted molar refractivity (Wildman–Crippen MR) is 81.4 cm³/mol. The van der Waals surface area contributed by atoms with Gasteiger partial charge in [-0.05, 0) is 0 Å². The SMILES string of the molecule is CC(C)=CCC[C@](C)(O)I1CC=C(C)CC1. The molecular weight excluding hydrogens is 311 g/mol. The summed E-state index contributed by atoms with van der Waals surface area (Å²) in [5, 5.41) is 10.5. The van der Waals surface area contributed by atoms with Crippen LogP contribution in [0.5, 0.6) is 0 Å². The van der Waals surface area contributed by atoms with E-state index in [9.17, 15) is 5.11 Å². The van der Waals surface area contributed by atoms with Crippen molar-refractivity contribution in [2.75, 3.05) is 8.86 Å². The van der Waals surface area contributed by atoms with Crippen LogP contribution in [0.1, 0.15) is 47.0 Å². The van der Waals surface area contributed by atoms with Gasteiger partial charge in [-0.15, -0.1) is 0 Å². The summed E-state index contributed by atoms with van der Waals surface area (Å²) in [6, 6.07) is 0. The molecule has 1 atom stereocenters. The minimum atomic E-state index is -1.17. The van der Waals surface area contributed by atoms with Crippen LogP contribution >= 0.6 is 19.8 Å². The summed E-state index contributed by atoms with van der Waals surface area (Å²) in [6.45, 7) is 8.54. The van der Waals surface area contributed by atoms with Gasteiger partial charge >= 0.3 is 108 Å². The Morgan fingerprint density at radius 3 is 2.75 bits per heavy atom. The van der Waals surface area contributed by atoms with E-state index in [1.165, 1.54) is 26.4 Å². The third-order valence-corrected chi connectivity index (χ3v) is 10.2. The molecule has 0 saturated carbocycles. The molecule has 0 bridgehead atoms. The minimum absolute atomic E-state index is 0.340. The Labute approximate surface area is 107 Å². The predicted octanol–water partition coefficient (Wildman–Crippen LogP) is 4.30. The van der Waals surface area contributed by atoms with Crippen LogP contribution in [0.3, 0.4) is 0 Å². The van der Waals surface area contributed by atoms with Crippen LogP contribution in [0.15, 0.2) is 23.3 Å². The summed E-state index contributed by atoms with van der Waals surface area (Å²) in [6.07, 6.45) is 7.82. The Balaban J connectivity index is 2.47. The van der Waals surface area contributed by atoms with Gasteiger partial charge in [0.15, 0.2) is 0 Å². The van der Waals surface area contributed by atoms with Gasteiger partial charge in [0.1, 0.15) is 0 Å². The zero-order valence-electron chi connectivity index (χ0n) is 11.0. The molecule has 0 unspecified atom stereocenters. The zero-order chi connectivity index (χ0) is 12.2. The van der Waals surface area contributed by atoms with Crippen LogP contribution in [-0.4, -0.2) is 17.6 Å². The second kappa shape index (κ2) is 6.20. The molecular formula is C14H25IO. The summed E-state index contributed by atoms with van der Waals surface area (Å²) in [7, 11) is 0. The molecule has 1 aliphatic heterocycles. The first-order chi connectivity index (χ1) is 7.42. The van der Waals surface area contributed by atoms with Crippen molar-refractivity contribution < 1.29 is 5.11 Å². The van der Waals surface area contributed by atoms with Gasteiger partial charge < -0.3 is 0 Å². The third-order valence-electron chi connectivity index (χ3n) is 3.06. The molecule has 0 aliphatic carbocycles. The number of alkyl halides is 3. The molecule has 0 saturated heterocycles. The second-order valence-corrected chi connectivity index (χ2v) is 12.0. The summed E-state index contributed by atoms with van der Waals surface area (Å²) < 4.78 is 2.17. The molecule has 94 valence electrons. The average molecular weight is 336 g/mol. The fourth-order valence-corrected chi connectivity index (χ4v) is 8.21. The molecule has 0 radical (unpaired) electrons. The van der Waals surface area contributed by atoms with Gasteiger partial charge in [-0.25, -0.2) is 0 Å². The van der Waals surface area contributed by atoms with Crippen molar-refractivity contribution in [2.45, 2.75) is 50.6 Å². The van der Waals surface area contributed by atoms with Crippen molar-refractivity contribution >= 4 is 19.8 Å². The molecule has 1 rings (SSSR count). The van der Waals surface area contributed by atoms with E-state index in [1.54, 1.807) is 0 Å². The van der Waals surface area contributed by atoms with E-state index < -0.39 is 19.8 Å². The van der Waals surface area contributed by atoms with Gasteiger partial charge in [-0.2, -0.15) is 0 Å². The monoisotopic (exact) mass is 336 g/mol. The first-order valence-corrected chi connectivity index (χ1v) is 10.2. The van der Waals surface area contributed by atoms with Crippen molar-refractivity contribution in [2.24, 2.45) is 0 Å². The molecule has 0 fully saturated rings. The Hall–Kier alpha value is 0.170. The van der Waals surface area contributed by atoms with E-state index in [1.807, 2.05) is 0 Å². The number of aliphatic hydroxyl groups is 1. The average Bonchev–Trinajstić information content (AvgIpc) is 2.17. The van der Waals surface area contributed by atoms with Gasteiger partial charge in [0.25, 0.3) is 0 Å². The topological polar surface area (TPSA) is 20.2 Å². The van der Waals surface area contributed by atoms with Gasteiger partial charge in [0.2, 0.25) is 0 Å². The Kier molecular flexibility index (Phi) is 5.51. The maximum atomic E-state index is 10.5. The van der Waals surface area contributed by atoms with Crippen LogP contribution in [0.2, 0.25) is 0 Å². The molecule has 1 heterocycles. The zero-order valence-corrected chi connectivity index (χ0v) is 13.2. The fourth-order valence-electron chi connectivity index (χ4n) is 1.79. The maximum absolute atomic E-state index is 10.5. The summed E-state index contributed by atoms with van der Waals surface area (Å²) in [5.41, 5.74) is 2.88. The first kappa shape index (κ1) is 14.2. The van der Waals surface area contributed by atoms with Crippen LogP contribution in [0, 0.1) is 0 Å². The van der Waals surface area contributed by atoms with E-state index in [0.29, 0.717) is 0 Å². The number of hydrogen-bond donors (Lipinski definition) is 1. The van der Waals surface area contributed by atoms with Crippen molar-refractivity contribution in [1.82, 2.24) is 0 Å². The van der Waals surface area contributed by atoms with Crippen LogP contribution < -0.4 is 0 Å². The van der Waals surface area contributed by atoms with Crippen molar-refractivity contribution in [1.29, 1.82) is 0 Å². The Morgan fingerprint density at radius 2 is 2.25 bits per heavy atom. The van der Waals surface area contributed by atoms with Crippen molar-refractivity contribution in [3.8, 4) is 0 Å². The molecule has 0 aromatic rings. The van der Waals surface area contributed by atoms with E-state index >= 15 is 0 Å². The van der Waals surface area contributed by atoms with Crippen LogP contribution in [0.4, 0.5) is 0 Å². The van der Waals surface area contributed by atoms with E-state index in [0.717, 1.165) is 12.8 Å². The van der Waals surface area contributed by atoms with Crippen molar-refractivity contribution in [3.63, 3.8) is 0 Å². The van der Waals surface area contributed by atoms with Gasteiger partial charge in [0, 0.05) is 0 Å². The molecule has 0 aromatic heterocycles. The van der Waals surface area contributed by atoms with Gasteiger partial charge in [0.05, 0.1) is 0 Å². The second-order valence-electron chi connectivity index (χ2n) is 5.06. The van der Waals surface area contributed by atoms with E-state index in [4.69, 9.17) is 0 Å². The molecule has 0 amide bonds. The van der Waals surface area contributed by atoms with E-state index in [-0.39, 0.29) is 3.61 Å². The van der Waals surface area contributed by atoms with Crippen LogP contribution in [-0.2, 0) is 0 Å². The molecule has 1 nitrogen and oxygen atoms in total. The third kappa shape index (κ3) is 4.58. The quantitative estimate of drug-likeness (QED) is 0.461. The van der Waals surface area contributed by atoms with E-state index in [2.05, 4.69) is 39.8 Å². The number of rotatable bonds is 4. The number of hydrogen-bond acceptors (Lipinski definition) is 1.